The zero-order chi connectivity index (χ0) is 8.27. The maximum absolute atomic E-state index is 10.0. The van der Waals surface area contributed by atoms with Crippen molar-refractivity contribution in [3.63, 3.8) is 0 Å². The van der Waals surface area contributed by atoms with Crippen LogP contribution in [0.4, 0.5) is 0 Å². The molecule has 1 heterocycles. The van der Waals surface area contributed by atoms with Crippen LogP contribution in [-0.4, -0.2) is 6.29 Å². The summed E-state index contributed by atoms with van der Waals surface area (Å²) >= 11 is 0. The molecule has 0 radical (unpaired) electrons. The third-order valence-electron chi connectivity index (χ3n) is 1.73. The van der Waals surface area contributed by atoms with Gasteiger partial charge in [-0.3, -0.25) is 0 Å². The van der Waals surface area contributed by atoms with Gasteiger partial charge in [-0.1, -0.05) is 0 Å². The number of carbonyl (C=O) groups excluding carboxylic acids is 1. The van der Waals surface area contributed by atoms with Crippen LogP contribution < -0.4 is 0 Å². The lowest BCUT2D eigenvalue weighted by molar-refractivity contribution is -0.107. The Balaban J connectivity index is 2.64. The fourth-order valence-corrected chi connectivity index (χ4v) is 0.974. The fraction of sp³-hybridized carbons (Fsp3) is 0.444. The number of rotatable bonds is 3. The van der Waals surface area contributed by atoms with Crippen LogP contribution in [0.15, 0.2) is 10.5 Å². The first kappa shape index (κ1) is 8.05. The van der Waals surface area contributed by atoms with E-state index < -0.39 is 0 Å². The van der Waals surface area contributed by atoms with Gasteiger partial charge in [-0.15, -0.1) is 0 Å². The summed E-state index contributed by atoms with van der Waals surface area (Å²) < 4.78 is 5.36. The van der Waals surface area contributed by atoms with Crippen LogP contribution >= 0.6 is 0 Å². The van der Waals surface area contributed by atoms with E-state index in [-0.39, 0.29) is 0 Å². The molecule has 60 valence electrons. The van der Waals surface area contributed by atoms with Crippen LogP contribution in [0.5, 0.6) is 0 Å². The summed E-state index contributed by atoms with van der Waals surface area (Å²) in [7, 11) is 0. The molecule has 0 unspecified atom stereocenters. The average molecular weight is 152 g/mol. The lowest BCUT2D eigenvalue weighted by Gasteiger charge is -1.87. The molecule has 0 atom stereocenters. The molecule has 1 rings (SSSR count). The smallest absolute Gasteiger partial charge is 0.120 e. The second-order valence-corrected chi connectivity index (χ2v) is 2.66. The minimum Gasteiger partial charge on any atom is -0.466 e. The molecule has 11 heavy (non-hydrogen) atoms. The van der Waals surface area contributed by atoms with Gasteiger partial charge in [0, 0.05) is 12.8 Å². The Hall–Kier alpha value is -1.05. The third-order valence-corrected chi connectivity index (χ3v) is 1.73. The first-order chi connectivity index (χ1) is 5.24. The number of hydrogen-bond donors (Lipinski definition) is 0. The van der Waals surface area contributed by atoms with Crippen molar-refractivity contribution >= 4 is 6.29 Å². The van der Waals surface area contributed by atoms with Crippen LogP contribution in [0.1, 0.15) is 23.5 Å². The molecule has 0 N–H and O–H groups in total. The van der Waals surface area contributed by atoms with E-state index >= 15 is 0 Å². The van der Waals surface area contributed by atoms with E-state index in [1.165, 1.54) is 0 Å². The minimum absolute atomic E-state index is 0.548. The van der Waals surface area contributed by atoms with Gasteiger partial charge >= 0.3 is 0 Å². The van der Waals surface area contributed by atoms with Gasteiger partial charge in [0.2, 0.25) is 0 Å². The van der Waals surface area contributed by atoms with Gasteiger partial charge in [0.1, 0.15) is 17.8 Å². The van der Waals surface area contributed by atoms with Gasteiger partial charge in [-0.05, 0) is 25.5 Å². The molecule has 0 fully saturated rings. The summed E-state index contributed by atoms with van der Waals surface area (Å²) in [6.07, 6.45) is 2.18. The van der Waals surface area contributed by atoms with E-state index in [2.05, 4.69) is 0 Å². The molecule has 2 heteroatoms. The second kappa shape index (κ2) is 3.37. The van der Waals surface area contributed by atoms with Crippen molar-refractivity contribution in [1.82, 2.24) is 0 Å². The van der Waals surface area contributed by atoms with E-state index in [9.17, 15) is 4.79 Å². The maximum atomic E-state index is 10.0. The molecule has 0 aliphatic heterocycles. The van der Waals surface area contributed by atoms with Crippen LogP contribution in [0.25, 0.3) is 0 Å². The molecule has 0 spiro atoms. The highest BCUT2D eigenvalue weighted by molar-refractivity contribution is 5.49. The summed E-state index contributed by atoms with van der Waals surface area (Å²) in [6, 6.07) is 1.98. The SMILES string of the molecule is Cc1cc(CCC=O)oc1C. The fourth-order valence-electron chi connectivity index (χ4n) is 0.974. The van der Waals surface area contributed by atoms with Gasteiger partial charge in [-0.25, -0.2) is 0 Å². The van der Waals surface area contributed by atoms with E-state index in [1.807, 2.05) is 19.9 Å². The molecule has 0 saturated heterocycles. The Bertz CT molecular complexity index is 229. The summed E-state index contributed by atoms with van der Waals surface area (Å²) in [6.45, 7) is 3.93. The van der Waals surface area contributed by atoms with Crippen molar-refractivity contribution in [2.24, 2.45) is 0 Å². The normalized spacial score (nSPS) is 10.0. The van der Waals surface area contributed by atoms with E-state index in [0.717, 1.165) is 29.8 Å². The Morgan fingerprint density at radius 2 is 2.27 bits per heavy atom. The molecular formula is C9H12O2. The lowest BCUT2D eigenvalue weighted by Crippen LogP contribution is -1.81. The number of carbonyl (C=O) groups is 1. The van der Waals surface area contributed by atoms with Crippen molar-refractivity contribution < 1.29 is 9.21 Å². The van der Waals surface area contributed by atoms with Gasteiger partial charge in [0.05, 0.1) is 0 Å². The van der Waals surface area contributed by atoms with E-state index in [1.54, 1.807) is 0 Å². The molecule has 2 nitrogen and oxygen atoms in total. The van der Waals surface area contributed by atoms with Crippen molar-refractivity contribution in [2.75, 3.05) is 0 Å². The van der Waals surface area contributed by atoms with Crippen molar-refractivity contribution in [3.8, 4) is 0 Å². The molecule has 1 aromatic heterocycles. The summed E-state index contributed by atoms with van der Waals surface area (Å²) in [5.41, 5.74) is 1.16. The predicted molar refractivity (Wildman–Crippen MR) is 42.6 cm³/mol. The first-order valence-corrected chi connectivity index (χ1v) is 3.73. The van der Waals surface area contributed by atoms with Crippen LogP contribution in [0.3, 0.4) is 0 Å². The van der Waals surface area contributed by atoms with Crippen LogP contribution in [-0.2, 0) is 11.2 Å². The lowest BCUT2D eigenvalue weighted by atomic mass is 10.2. The molecule has 0 amide bonds. The topological polar surface area (TPSA) is 30.2 Å². The summed E-state index contributed by atoms with van der Waals surface area (Å²) in [4.78, 5) is 10.0. The quantitative estimate of drug-likeness (QED) is 0.620. The van der Waals surface area contributed by atoms with E-state index in [0.29, 0.717) is 6.42 Å². The Kier molecular flexibility index (Phi) is 2.47. The van der Waals surface area contributed by atoms with Gasteiger partial charge in [0.25, 0.3) is 0 Å². The van der Waals surface area contributed by atoms with Crippen molar-refractivity contribution in [3.05, 3.63) is 23.2 Å². The van der Waals surface area contributed by atoms with Gasteiger partial charge < -0.3 is 9.21 Å². The number of hydrogen-bond acceptors (Lipinski definition) is 2. The number of aryl methyl sites for hydroxylation is 3. The zero-order valence-electron chi connectivity index (χ0n) is 6.89. The highest BCUT2D eigenvalue weighted by Gasteiger charge is 2.01. The molecular weight excluding hydrogens is 140 g/mol. The van der Waals surface area contributed by atoms with Crippen LogP contribution in [0, 0.1) is 13.8 Å². The minimum atomic E-state index is 0.548. The highest BCUT2D eigenvalue weighted by Crippen LogP contribution is 2.13. The Morgan fingerprint density at radius 1 is 1.55 bits per heavy atom. The maximum Gasteiger partial charge on any atom is 0.120 e. The Morgan fingerprint density at radius 3 is 2.73 bits per heavy atom. The highest BCUT2D eigenvalue weighted by atomic mass is 16.3. The second-order valence-electron chi connectivity index (χ2n) is 2.66. The molecule has 0 aliphatic rings. The standard InChI is InChI=1S/C9H12O2/c1-7-6-9(4-3-5-10)11-8(7)2/h5-6H,3-4H2,1-2H3. The number of aldehydes is 1. The molecule has 1 aromatic rings. The summed E-state index contributed by atoms with van der Waals surface area (Å²) in [5, 5.41) is 0. The summed E-state index contributed by atoms with van der Waals surface area (Å²) in [5.74, 6) is 1.86. The van der Waals surface area contributed by atoms with Crippen molar-refractivity contribution in [1.29, 1.82) is 0 Å². The largest absolute Gasteiger partial charge is 0.466 e. The molecule has 0 bridgehead atoms. The molecule has 0 aromatic carbocycles. The predicted octanol–water partition coefficient (Wildman–Crippen LogP) is 2.03. The van der Waals surface area contributed by atoms with E-state index in [4.69, 9.17) is 4.42 Å². The van der Waals surface area contributed by atoms with Gasteiger partial charge in [0.15, 0.2) is 0 Å². The average Bonchev–Trinajstić information content (AvgIpc) is 2.28. The molecule has 0 aliphatic carbocycles. The monoisotopic (exact) mass is 152 g/mol. The van der Waals surface area contributed by atoms with Crippen LogP contribution in [0.2, 0.25) is 0 Å². The number of furan rings is 1. The third kappa shape index (κ3) is 1.93. The first-order valence-electron chi connectivity index (χ1n) is 3.73. The van der Waals surface area contributed by atoms with Crippen molar-refractivity contribution in [2.45, 2.75) is 26.7 Å². The Labute approximate surface area is 66.2 Å². The van der Waals surface area contributed by atoms with Gasteiger partial charge in [-0.2, -0.15) is 0 Å². The molecule has 0 saturated carbocycles. The zero-order valence-corrected chi connectivity index (χ0v) is 6.89.